The molecule has 0 aliphatic carbocycles. The molecule has 0 saturated carbocycles. The molecule has 1 aromatic carbocycles. The number of carbonyl (C=O) groups is 2. The van der Waals surface area contributed by atoms with E-state index in [0.717, 1.165) is 29.8 Å². The SMILES string of the molecule is COc1ccccc1-c1cc(NC(=O)CC2CCN(C(=O)OC(C)(C)C)CC2)n[nH]1. The number of carbonyl (C=O) groups excluding carboxylic acids is 2. The van der Waals surface area contributed by atoms with Gasteiger partial charge in [0.1, 0.15) is 11.4 Å². The van der Waals surface area contributed by atoms with Crippen molar-refractivity contribution in [3.05, 3.63) is 30.3 Å². The van der Waals surface area contributed by atoms with Crippen LogP contribution < -0.4 is 10.1 Å². The van der Waals surface area contributed by atoms with Crippen LogP contribution in [0.1, 0.15) is 40.0 Å². The maximum Gasteiger partial charge on any atom is 0.410 e. The number of para-hydroxylation sites is 1. The Kier molecular flexibility index (Phi) is 6.64. The number of piperidine rings is 1. The van der Waals surface area contributed by atoms with Crippen LogP contribution in [0.4, 0.5) is 10.6 Å². The summed E-state index contributed by atoms with van der Waals surface area (Å²) in [5, 5.41) is 9.98. The van der Waals surface area contributed by atoms with Crippen molar-refractivity contribution in [1.29, 1.82) is 0 Å². The number of anilines is 1. The molecule has 8 heteroatoms. The molecule has 0 bridgehead atoms. The van der Waals surface area contributed by atoms with E-state index < -0.39 is 5.60 Å². The van der Waals surface area contributed by atoms with Crippen LogP contribution in [0, 0.1) is 5.92 Å². The van der Waals surface area contributed by atoms with Crippen LogP contribution in [0.2, 0.25) is 0 Å². The third-order valence-corrected chi connectivity index (χ3v) is 4.98. The van der Waals surface area contributed by atoms with Gasteiger partial charge in [-0.15, -0.1) is 0 Å². The first-order chi connectivity index (χ1) is 14.2. The monoisotopic (exact) mass is 414 g/mol. The van der Waals surface area contributed by atoms with Gasteiger partial charge in [0, 0.05) is 31.1 Å². The second-order valence-electron chi connectivity index (χ2n) is 8.53. The van der Waals surface area contributed by atoms with Gasteiger partial charge < -0.3 is 19.7 Å². The highest BCUT2D eigenvalue weighted by Gasteiger charge is 2.28. The topological polar surface area (TPSA) is 96.6 Å². The van der Waals surface area contributed by atoms with Crippen molar-refractivity contribution in [3.8, 4) is 17.0 Å². The highest BCUT2D eigenvalue weighted by atomic mass is 16.6. The molecule has 0 spiro atoms. The van der Waals surface area contributed by atoms with E-state index in [1.807, 2.05) is 45.0 Å². The molecule has 1 aliphatic heterocycles. The highest BCUT2D eigenvalue weighted by Crippen LogP contribution is 2.29. The molecule has 2 amide bonds. The molecule has 1 fully saturated rings. The van der Waals surface area contributed by atoms with Gasteiger partial charge in [0.2, 0.25) is 5.91 Å². The number of benzene rings is 1. The lowest BCUT2D eigenvalue weighted by Crippen LogP contribution is -2.42. The molecule has 30 heavy (non-hydrogen) atoms. The molecular weight excluding hydrogens is 384 g/mol. The number of rotatable bonds is 5. The summed E-state index contributed by atoms with van der Waals surface area (Å²) in [6.07, 6.45) is 1.67. The van der Waals surface area contributed by atoms with Crippen LogP contribution in [0.25, 0.3) is 11.3 Å². The summed E-state index contributed by atoms with van der Waals surface area (Å²) in [4.78, 5) is 26.3. The lowest BCUT2D eigenvalue weighted by molar-refractivity contribution is -0.117. The molecule has 2 heterocycles. The predicted octanol–water partition coefficient (Wildman–Crippen LogP) is 4.06. The molecule has 2 N–H and O–H groups in total. The first-order valence-electron chi connectivity index (χ1n) is 10.2. The lowest BCUT2D eigenvalue weighted by Gasteiger charge is -2.33. The maximum absolute atomic E-state index is 12.5. The third kappa shape index (κ3) is 5.75. The number of H-pyrrole nitrogens is 1. The van der Waals surface area contributed by atoms with Gasteiger partial charge >= 0.3 is 6.09 Å². The number of likely N-dealkylation sites (tertiary alicyclic amines) is 1. The smallest absolute Gasteiger partial charge is 0.410 e. The van der Waals surface area contributed by atoms with Crippen LogP contribution in [0.5, 0.6) is 5.75 Å². The average molecular weight is 415 g/mol. The van der Waals surface area contributed by atoms with Crippen molar-refractivity contribution in [2.75, 3.05) is 25.5 Å². The Labute approximate surface area is 176 Å². The Morgan fingerprint density at radius 2 is 1.93 bits per heavy atom. The molecule has 0 radical (unpaired) electrons. The van der Waals surface area contributed by atoms with E-state index in [9.17, 15) is 9.59 Å². The highest BCUT2D eigenvalue weighted by molar-refractivity contribution is 5.90. The van der Waals surface area contributed by atoms with E-state index in [0.29, 0.717) is 25.3 Å². The molecule has 2 aromatic rings. The number of amides is 2. The summed E-state index contributed by atoms with van der Waals surface area (Å²) >= 11 is 0. The second kappa shape index (κ2) is 9.19. The molecule has 1 aromatic heterocycles. The van der Waals surface area contributed by atoms with Gasteiger partial charge in [-0.05, 0) is 51.7 Å². The van der Waals surface area contributed by atoms with E-state index in [1.54, 1.807) is 18.1 Å². The van der Waals surface area contributed by atoms with Gasteiger partial charge in [0.25, 0.3) is 0 Å². The van der Waals surface area contributed by atoms with E-state index in [1.165, 1.54) is 0 Å². The molecule has 1 saturated heterocycles. The van der Waals surface area contributed by atoms with Crippen LogP contribution in [0.15, 0.2) is 30.3 Å². The Morgan fingerprint density at radius 3 is 2.60 bits per heavy atom. The summed E-state index contributed by atoms with van der Waals surface area (Å²) in [7, 11) is 1.62. The minimum Gasteiger partial charge on any atom is -0.496 e. The summed E-state index contributed by atoms with van der Waals surface area (Å²) in [5.41, 5.74) is 1.15. The largest absolute Gasteiger partial charge is 0.496 e. The predicted molar refractivity (Wildman–Crippen MR) is 114 cm³/mol. The van der Waals surface area contributed by atoms with Crippen molar-refractivity contribution in [1.82, 2.24) is 15.1 Å². The van der Waals surface area contributed by atoms with Gasteiger partial charge in [-0.2, -0.15) is 5.10 Å². The number of nitrogens with one attached hydrogen (secondary N) is 2. The van der Waals surface area contributed by atoms with Crippen LogP contribution in [-0.2, 0) is 9.53 Å². The zero-order chi connectivity index (χ0) is 21.7. The molecule has 0 atom stereocenters. The number of methoxy groups -OCH3 is 1. The van der Waals surface area contributed by atoms with Crippen molar-refractivity contribution in [2.45, 2.75) is 45.6 Å². The van der Waals surface area contributed by atoms with E-state index in [2.05, 4.69) is 15.5 Å². The summed E-state index contributed by atoms with van der Waals surface area (Å²) in [6.45, 7) is 6.78. The molecule has 1 aliphatic rings. The number of aromatic nitrogens is 2. The van der Waals surface area contributed by atoms with Crippen LogP contribution in [-0.4, -0.2) is 52.9 Å². The van der Waals surface area contributed by atoms with Crippen molar-refractivity contribution in [3.63, 3.8) is 0 Å². The number of hydrogen-bond donors (Lipinski definition) is 2. The van der Waals surface area contributed by atoms with Gasteiger partial charge in [-0.25, -0.2) is 4.79 Å². The zero-order valence-corrected chi connectivity index (χ0v) is 18.0. The van der Waals surface area contributed by atoms with Crippen molar-refractivity contribution < 1.29 is 19.1 Å². The van der Waals surface area contributed by atoms with Gasteiger partial charge in [-0.1, -0.05) is 12.1 Å². The van der Waals surface area contributed by atoms with Crippen LogP contribution >= 0.6 is 0 Å². The number of aromatic amines is 1. The summed E-state index contributed by atoms with van der Waals surface area (Å²) in [5.74, 6) is 1.36. The van der Waals surface area contributed by atoms with E-state index in [4.69, 9.17) is 9.47 Å². The first kappa shape index (κ1) is 21.7. The van der Waals surface area contributed by atoms with E-state index in [-0.39, 0.29) is 17.9 Å². The van der Waals surface area contributed by atoms with E-state index >= 15 is 0 Å². The van der Waals surface area contributed by atoms with Crippen LogP contribution in [0.3, 0.4) is 0 Å². The minimum absolute atomic E-state index is 0.0798. The lowest BCUT2D eigenvalue weighted by atomic mass is 9.93. The van der Waals surface area contributed by atoms with Crippen molar-refractivity contribution >= 4 is 17.8 Å². The maximum atomic E-state index is 12.5. The fourth-order valence-electron chi connectivity index (χ4n) is 3.49. The normalized spacial score (nSPS) is 15.0. The standard InChI is InChI=1S/C22H30N4O4/c1-22(2,3)30-21(28)26-11-9-15(10-12-26)13-20(27)23-19-14-17(24-25-19)16-7-5-6-8-18(16)29-4/h5-8,14-15H,9-13H2,1-4H3,(H2,23,24,25,27). The first-order valence-corrected chi connectivity index (χ1v) is 10.2. The quantitative estimate of drug-likeness (QED) is 0.769. The van der Waals surface area contributed by atoms with Gasteiger partial charge in [0.15, 0.2) is 5.82 Å². The minimum atomic E-state index is -0.500. The molecule has 162 valence electrons. The number of ether oxygens (including phenoxy) is 2. The van der Waals surface area contributed by atoms with Gasteiger partial charge in [-0.3, -0.25) is 9.89 Å². The summed E-state index contributed by atoms with van der Waals surface area (Å²) in [6, 6.07) is 9.41. The Bertz CT molecular complexity index is 879. The second-order valence-corrected chi connectivity index (χ2v) is 8.53. The Balaban J connectivity index is 1.49. The Morgan fingerprint density at radius 1 is 1.23 bits per heavy atom. The molecule has 0 unspecified atom stereocenters. The zero-order valence-electron chi connectivity index (χ0n) is 18.0. The average Bonchev–Trinajstić information content (AvgIpc) is 3.15. The fraction of sp³-hybridized carbons (Fsp3) is 0.500. The third-order valence-electron chi connectivity index (χ3n) is 4.98. The molecule has 8 nitrogen and oxygen atoms in total. The molecule has 3 rings (SSSR count). The fourth-order valence-corrected chi connectivity index (χ4v) is 3.49. The van der Waals surface area contributed by atoms with Crippen molar-refractivity contribution in [2.24, 2.45) is 5.92 Å². The molecular formula is C22H30N4O4. The summed E-state index contributed by atoms with van der Waals surface area (Å²) < 4.78 is 10.8. The number of hydrogen-bond acceptors (Lipinski definition) is 5. The number of nitrogens with zero attached hydrogens (tertiary/aromatic N) is 2. The Hall–Kier alpha value is -3.03. The van der Waals surface area contributed by atoms with Gasteiger partial charge in [0.05, 0.1) is 12.8 Å².